The maximum absolute atomic E-state index is 12.6. The van der Waals surface area contributed by atoms with Gasteiger partial charge in [-0.25, -0.2) is 0 Å². The van der Waals surface area contributed by atoms with Gasteiger partial charge in [-0.3, -0.25) is 15.2 Å². The first-order chi connectivity index (χ1) is 12.5. The van der Waals surface area contributed by atoms with Gasteiger partial charge in [0.1, 0.15) is 0 Å². The summed E-state index contributed by atoms with van der Waals surface area (Å²) in [4.78, 5) is 12.6. The van der Waals surface area contributed by atoms with Crippen LogP contribution in [-0.4, -0.2) is 33.8 Å². The van der Waals surface area contributed by atoms with Crippen LogP contribution in [0.5, 0.6) is 17.2 Å². The summed E-state index contributed by atoms with van der Waals surface area (Å²) in [7, 11) is 4.65. The molecule has 0 aliphatic heterocycles. The van der Waals surface area contributed by atoms with E-state index >= 15 is 0 Å². The Bertz CT molecular complexity index is 744. The zero-order valence-electron chi connectivity index (χ0n) is 16.0. The highest BCUT2D eigenvalue weighted by molar-refractivity contribution is 5.81. The van der Waals surface area contributed by atoms with E-state index in [1.165, 1.54) is 5.56 Å². The van der Waals surface area contributed by atoms with Gasteiger partial charge >= 0.3 is 0 Å². The number of ether oxygens (including phenoxy) is 3. The number of benzene rings is 2. The molecule has 0 fully saturated rings. The van der Waals surface area contributed by atoms with Crippen LogP contribution in [0.2, 0.25) is 0 Å². The van der Waals surface area contributed by atoms with Crippen LogP contribution in [0, 0.1) is 6.92 Å². The van der Waals surface area contributed by atoms with E-state index in [0.29, 0.717) is 23.8 Å². The standard InChI is InChI=1S/C20H26N2O4/c1-6-22(16-10-7-14(2)8-11-16)21-18(23)13-15-9-12-17(24-3)20(26-5)19(15)25-4/h7-12H,6,13H2,1-5H3,(H,21,23). The molecule has 0 spiro atoms. The number of carbonyl (C=O) groups excluding carboxylic acids is 1. The smallest absolute Gasteiger partial charge is 0.243 e. The maximum atomic E-state index is 12.6. The SMILES string of the molecule is CCN(NC(=O)Cc1ccc(OC)c(OC)c1OC)c1ccc(C)cc1. The van der Waals surface area contributed by atoms with Crippen molar-refractivity contribution in [3.8, 4) is 17.2 Å². The highest BCUT2D eigenvalue weighted by Crippen LogP contribution is 2.39. The van der Waals surface area contributed by atoms with Crippen molar-refractivity contribution in [3.05, 3.63) is 47.5 Å². The largest absolute Gasteiger partial charge is 0.493 e. The number of aryl methyl sites for hydroxylation is 1. The van der Waals surface area contributed by atoms with Crippen LogP contribution in [0.25, 0.3) is 0 Å². The first kappa shape index (κ1) is 19.4. The zero-order valence-corrected chi connectivity index (χ0v) is 16.0. The van der Waals surface area contributed by atoms with E-state index in [1.807, 2.05) is 49.2 Å². The number of carbonyl (C=O) groups is 1. The van der Waals surface area contributed by atoms with Crippen LogP contribution >= 0.6 is 0 Å². The van der Waals surface area contributed by atoms with Crippen molar-refractivity contribution < 1.29 is 19.0 Å². The summed E-state index contributed by atoms with van der Waals surface area (Å²) in [5, 5.41) is 1.81. The molecule has 26 heavy (non-hydrogen) atoms. The number of hydrazine groups is 1. The molecule has 1 N–H and O–H groups in total. The Balaban J connectivity index is 2.17. The average Bonchev–Trinajstić information content (AvgIpc) is 2.66. The molecule has 0 saturated heterocycles. The molecule has 0 saturated carbocycles. The first-order valence-corrected chi connectivity index (χ1v) is 8.45. The van der Waals surface area contributed by atoms with Crippen LogP contribution in [0.3, 0.4) is 0 Å². The Hall–Kier alpha value is -2.89. The minimum absolute atomic E-state index is 0.141. The molecule has 2 rings (SSSR count). The zero-order chi connectivity index (χ0) is 19.1. The minimum Gasteiger partial charge on any atom is -0.493 e. The van der Waals surface area contributed by atoms with Crippen molar-refractivity contribution in [2.75, 3.05) is 32.9 Å². The van der Waals surface area contributed by atoms with Crippen LogP contribution in [0.4, 0.5) is 5.69 Å². The lowest BCUT2D eigenvalue weighted by Gasteiger charge is -2.24. The molecular formula is C20H26N2O4. The summed E-state index contributed by atoms with van der Waals surface area (Å²) in [6.45, 7) is 4.66. The second-order valence-electron chi connectivity index (χ2n) is 5.79. The van der Waals surface area contributed by atoms with Gasteiger partial charge in [0.25, 0.3) is 0 Å². The molecule has 6 nitrogen and oxygen atoms in total. The predicted molar refractivity (Wildman–Crippen MR) is 102 cm³/mol. The number of hydrogen-bond donors (Lipinski definition) is 1. The van der Waals surface area contributed by atoms with Gasteiger partial charge in [0.15, 0.2) is 11.5 Å². The van der Waals surface area contributed by atoms with E-state index in [9.17, 15) is 4.79 Å². The fourth-order valence-electron chi connectivity index (χ4n) is 2.72. The Morgan fingerprint density at radius 2 is 1.62 bits per heavy atom. The van der Waals surface area contributed by atoms with E-state index in [2.05, 4.69) is 5.43 Å². The Kier molecular flexibility index (Phi) is 6.72. The van der Waals surface area contributed by atoms with Gasteiger partial charge in [0.2, 0.25) is 11.7 Å². The summed E-state index contributed by atoms with van der Waals surface area (Å²) >= 11 is 0. The fourth-order valence-corrected chi connectivity index (χ4v) is 2.72. The number of rotatable bonds is 8. The van der Waals surface area contributed by atoms with Gasteiger partial charge in [0, 0.05) is 12.1 Å². The highest BCUT2D eigenvalue weighted by Gasteiger charge is 2.18. The van der Waals surface area contributed by atoms with Gasteiger partial charge in [-0.05, 0) is 32.0 Å². The molecule has 0 unspecified atom stereocenters. The lowest BCUT2D eigenvalue weighted by molar-refractivity contribution is -0.120. The molecule has 140 valence electrons. The molecule has 2 aromatic carbocycles. The van der Waals surface area contributed by atoms with Crippen LogP contribution in [0.1, 0.15) is 18.1 Å². The third-order valence-corrected chi connectivity index (χ3v) is 4.06. The Morgan fingerprint density at radius 1 is 0.962 bits per heavy atom. The molecular weight excluding hydrogens is 332 g/mol. The molecule has 0 radical (unpaired) electrons. The quantitative estimate of drug-likeness (QED) is 0.735. The molecule has 0 bridgehead atoms. The maximum Gasteiger partial charge on any atom is 0.243 e. The Morgan fingerprint density at radius 3 is 2.15 bits per heavy atom. The number of anilines is 1. The van der Waals surface area contributed by atoms with Crippen molar-refractivity contribution in [2.24, 2.45) is 0 Å². The average molecular weight is 358 g/mol. The molecule has 0 aromatic heterocycles. The van der Waals surface area contributed by atoms with Crippen molar-refractivity contribution in [3.63, 3.8) is 0 Å². The monoisotopic (exact) mass is 358 g/mol. The van der Waals surface area contributed by atoms with Gasteiger partial charge in [-0.15, -0.1) is 0 Å². The van der Waals surface area contributed by atoms with E-state index in [1.54, 1.807) is 27.4 Å². The molecule has 0 aliphatic carbocycles. The topological polar surface area (TPSA) is 60.0 Å². The molecule has 0 atom stereocenters. The van der Waals surface area contributed by atoms with E-state index in [0.717, 1.165) is 11.3 Å². The summed E-state index contributed by atoms with van der Waals surface area (Å²) in [6, 6.07) is 11.6. The number of nitrogens with zero attached hydrogens (tertiary/aromatic N) is 1. The molecule has 1 amide bonds. The molecule has 0 heterocycles. The van der Waals surface area contributed by atoms with Crippen molar-refractivity contribution in [1.82, 2.24) is 5.43 Å². The molecule has 0 aliphatic rings. The number of amides is 1. The number of hydrogen-bond acceptors (Lipinski definition) is 5. The summed E-state index contributed by atoms with van der Waals surface area (Å²) in [5.41, 5.74) is 5.77. The van der Waals surface area contributed by atoms with Crippen molar-refractivity contribution >= 4 is 11.6 Å². The van der Waals surface area contributed by atoms with Gasteiger partial charge in [-0.2, -0.15) is 0 Å². The van der Waals surface area contributed by atoms with Crippen molar-refractivity contribution in [2.45, 2.75) is 20.3 Å². The van der Waals surface area contributed by atoms with Crippen LogP contribution in [0.15, 0.2) is 36.4 Å². The van der Waals surface area contributed by atoms with Gasteiger partial charge < -0.3 is 14.2 Å². The normalized spacial score (nSPS) is 10.2. The van der Waals surface area contributed by atoms with Crippen molar-refractivity contribution in [1.29, 1.82) is 0 Å². The second-order valence-corrected chi connectivity index (χ2v) is 5.79. The third-order valence-electron chi connectivity index (χ3n) is 4.06. The summed E-state index contributed by atoms with van der Waals surface area (Å²) < 4.78 is 16.1. The van der Waals surface area contributed by atoms with E-state index < -0.39 is 0 Å². The minimum atomic E-state index is -0.141. The van der Waals surface area contributed by atoms with E-state index in [4.69, 9.17) is 14.2 Å². The number of nitrogens with one attached hydrogen (secondary N) is 1. The first-order valence-electron chi connectivity index (χ1n) is 8.45. The lowest BCUT2D eigenvalue weighted by atomic mass is 10.1. The van der Waals surface area contributed by atoms with Crippen LogP contribution < -0.4 is 24.6 Å². The van der Waals surface area contributed by atoms with Gasteiger partial charge in [0.05, 0.1) is 33.4 Å². The number of methoxy groups -OCH3 is 3. The molecule has 6 heteroatoms. The van der Waals surface area contributed by atoms with Crippen LogP contribution in [-0.2, 0) is 11.2 Å². The highest BCUT2D eigenvalue weighted by atomic mass is 16.5. The predicted octanol–water partition coefficient (Wildman–Crippen LogP) is 3.12. The second kappa shape index (κ2) is 8.99. The summed E-state index contributed by atoms with van der Waals surface area (Å²) in [6.07, 6.45) is 0.159. The van der Waals surface area contributed by atoms with Gasteiger partial charge in [-0.1, -0.05) is 23.8 Å². The molecule has 2 aromatic rings. The Labute approximate surface area is 154 Å². The fraction of sp³-hybridized carbons (Fsp3) is 0.350. The summed E-state index contributed by atoms with van der Waals surface area (Å²) in [5.74, 6) is 1.40. The van der Waals surface area contributed by atoms with E-state index in [-0.39, 0.29) is 12.3 Å². The lowest BCUT2D eigenvalue weighted by Crippen LogP contribution is -2.43. The third kappa shape index (κ3) is 4.39.